The number of nitrogens with zero attached hydrogens (tertiary/aromatic N) is 2. The number of rotatable bonds is 14. The van der Waals surface area contributed by atoms with Crippen LogP contribution in [0.2, 0.25) is 0 Å². The van der Waals surface area contributed by atoms with Gasteiger partial charge in [0.05, 0.1) is 81.9 Å². The predicted octanol–water partition coefficient (Wildman–Crippen LogP) is -0.830. The second-order valence-electron chi connectivity index (χ2n) is 8.02. The number of aliphatic hydroxyl groups is 2. The maximum absolute atomic E-state index is 9.76. The van der Waals surface area contributed by atoms with Crippen LogP contribution >= 0.6 is 0 Å². The minimum absolute atomic E-state index is 0.326. The molecule has 0 aromatic carbocycles. The van der Waals surface area contributed by atoms with Crippen molar-refractivity contribution in [3.8, 4) is 0 Å². The van der Waals surface area contributed by atoms with Gasteiger partial charge in [-0.05, 0) is 0 Å². The van der Waals surface area contributed by atoms with Gasteiger partial charge in [0.2, 0.25) is 0 Å². The minimum atomic E-state index is -0.457. The average Bonchev–Trinajstić information content (AvgIpc) is 2.32. The Morgan fingerprint density at radius 1 is 0.609 bits per heavy atom. The monoisotopic (exact) mass is 338 g/mol. The Morgan fingerprint density at radius 3 is 1.22 bits per heavy atom. The maximum atomic E-state index is 9.76. The first kappa shape index (κ1) is 22.7. The minimum Gasteiger partial charge on any atom is -0.385 e. The lowest BCUT2D eigenvalue weighted by molar-refractivity contribution is -0.873. The quantitative estimate of drug-likeness (QED) is 0.320. The van der Waals surface area contributed by atoms with E-state index >= 15 is 0 Å². The zero-order chi connectivity index (χ0) is 17.9. The molecule has 2 unspecified atom stereocenters. The molecule has 140 valence electrons. The number of ether oxygens (including phenoxy) is 3. The molecular weight excluding hydrogens is 300 g/mol. The van der Waals surface area contributed by atoms with E-state index in [-0.39, 0.29) is 0 Å². The molecule has 0 heterocycles. The highest BCUT2D eigenvalue weighted by atomic mass is 16.5. The van der Waals surface area contributed by atoms with Gasteiger partial charge in [-0.15, -0.1) is 0 Å². The fourth-order valence-electron chi connectivity index (χ4n) is 2.15. The lowest BCUT2D eigenvalue weighted by Gasteiger charge is -2.26. The lowest BCUT2D eigenvalue weighted by Crippen LogP contribution is -2.43. The van der Waals surface area contributed by atoms with E-state index in [1.807, 2.05) is 42.3 Å². The van der Waals surface area contributed by atoms with Gasteiger partial charge in [-0.3, -0.25) is 0 Å². The summed E-state index contributed by atoms with van der Waals surface area (Å²) in [5.74, 6) is 0. The Hall–Kier alpha value is -0.280. The van der Waals surface area contributed by atoms with Gasteiger partial charge in [0, 0.05) is 0 Å². The van der Waals surface area contributed by atoms with Crippen molar-refractivity contribution in [3.05, 3.63) is 0 Å². The topological polar surface area (TPSA) is 68.2 Å². The highest BCUT2D eigenvalue weighted by Gasteiger charge is 2.16. The summed E-state index contributed by atoms with van der Waals surface area (Å²) < 4.78 is 17.5. The van der Waals surface area contributed by atoms with Crippen LogP contribution in [0.5, 0.6) is 0 Å². The predicted molar refractivity (Wildman–Crippen MR) is 90.3 cm³/mol. The van der Waals surface area contributed by atoms with E-state index in [1.165, 1.54) is 0 Å². The molecule has 7 nitrogen and oxygen atoms in total. The first-order chi connectivity index (χ1) is 10.5. The number of hydrogen-bond acceptors (Lipinski definition) is 5. The number of hydrogen-bond donors (Lipinski definition) is 2. The van der Waals surface area contributed by atoms with Gasteiger partial charge in [0.15, 0.2) is 0 Å². The number of aliphatic hydroxyl groups excluding tert-OH is 2. The average molecular weight is 338 g/mol. The summed E-state index contributed by atoms with van der Waals surface area (Å²) in [6, 6.07) is 0. The van der Waals surface area contributed by atoms with Crippen molar-refractivity contribution >= 4 is 0 Å². The van der Waals surface area contributed by atoms with Crippen molar-refractivity contribution in [2.24, 2.45) is 0 Å². The highest BCUT2D eigenvalue weighted by Crippen LogP contribution is 1.97. The van der Waals surface area contributed by atoms with Crippen molar-refractivity contribution in [2.75, 3.05) is 95.0 Å². The molecule has 0 saturated heterocycles. The van der Waals surface area contributed by atoms with Gasteiger partial charge in [-0.25, -0.2) is 0 Å². The first-order valence-corrected chi connectivity index (χ1v) is 8.20. The van der Waals surface area contributed by atoms with E-state index in [0.717, 1.165) is 0 Å². The van der Waals surface area contributed by atoms with Gasteiger partial charge in [-0.2, -0.15) is 0 Å². The second kappa shape index (κ2) is 11.3. The fourth-order valence-corrected chi connectivity index (χ4v) is 2.15. The molecular formula is C16H38N2O5+2. The SMILES string of the molecule is C[N+](C)(C)CC(O)COCCOCCOCC(O)C[N+](C)(C)C. The molecule has 0 bridgehead atoms. The van der Waals surface area contributed by atoms with E-state index in [9.17, 15) is 10.2 Å². The van der Waals surface area contributed by atoms with Crippen LogP contribution in [0.25, 0.3) is 0 Å². The summed E-state index contributed by atoms with van der Waals surface area (Å²) in [5.41, 5.74) is 0. The molecule has 0 radical (unpaired) electrons. The molecule has 0 aliphatic rings. The Morgan fingerprint density at radius 2 is 0.913 bits per heavy atom. The van der Waals surface area contributed by atoms with Crippen LogP contribution in [-0.2, 0) is 14.2 Å². The van der Waals surface area contributed by atoms with E-state index in [1.54, 1.807) is 0 Å². The van der Waals surface area contributed by atoms with Crippen LogP contribution in [0.3, 0.4) is 0 Å². The van der Waals surface area contributed by atoms with Crippen molar-refractivity contribution in [1.29, 1.82) is 0 Å². The van der Waals surface area contributed by atoms with Crippen LogP contribution in [0.4, 0.5) is 0 Å². The number of quaternary nitrogens is 2. The molecule has 0 aliphatic carbocycles. The molecule has 2 atom stereocenters. The normalized spacial score (nSPS) is 15.7. The van der Waals surface area contributed by atoms with Gasteiger partial charge >= 0.3 is 0 Å². The first-order valence-electron chi connectivity index (χ1n) is 8.20. The van der Waals surface area contributed by atoms with Crippen LogP contribution in [0, 0.1) is 0 Å². The molecule has 0 aliphatic heterocycles. The summed E-state index contributed by atoms with van der Waals surface area (Å²) >= 11 is 0. The molecule has 0 aromatic heterocycles. The van der Waals surface area contributed by atoms with E-state index in [2.05, 4.69) is 0 Å². The molecule has 0 aromatic rings. The molecule has 7 heteroatoms. The summed E-state index contributed by atoms with van der Waals surface area (Å²) in [6.07, 6.45) is -0.915. The Bertz CT molecular complexity index is 261. The molecule has 0 amide bonds. The molecule has 0 rings (SSSR count). The molecule has 0 fully saturated rings. The smallest absolute Gasteiger partial charge is 0.126 e. The van der Waals surface area contributed by atoms with Crippen LogP contribution in [0.15, 0.2) is 0 Å². The summed E-state index contributed by atoms with van der Waals surface area (Å²) in [4.78, 5) is 0. The molecule has 0 saturated carbocycles. The molecule has 2 N–H and O–H groups in total. The maximum Gasteiger partial charge on any atom is 0.126 e. The van der Waals surface area contributed by atoms with Gasteiger partial charge in [0.25, 0.3) is 0 Å². The second-order valence-corrected chi connectivity index (χ2v) is 8.02. The Balaban J connectivity index is 3.37. The van der Waals surface area contributed by atoms with E-state index < -0.39 is 12.2 Å². The standard InChI is InChI=1S/C16H38N2O5/c1-17(2,3)11-15(19)13-22-9-7-21-8-10-23-14-16(20)12-18(4,5)6/h15-16,19-20H,7-14H2,1-6H3/q+2. The third-order valence-corrected chi connectivity index (χ3v) is 2.88. The summed E-state index contributed by atoms with van der Waals surface area (Å²) in [6.45, 7) is 3.83. The van der Waals surface area contributed by atoms with Gasteiger partial charge < -0.3 is 33.4 Å². The van der Waals surface area contributed by atoms with E-state index in [0.29, 0.717) is 61.7 Å². The summed E-state index contributed by atoms with van der Waals surface area (Å²) in [7, 11) is 12.2. The molecule has 23 heavy (non-hydrogen) atoms. The Labute approximate surface area is 141 Å². The van der Waals surface area contributed by atoms with Crippen molar-refractivity contribution in [1.82, 2.24) is 0 Å². The zero-order valence-corrected chi connectivity index (χ0v) is 15.8. The molecule has 0 spiro atoms. The van der Waals surface area contributed by atoms with Crippen LogP contribution in [0.1, 0.15) is 0 Å². The van der Waals surface area contributed by atoms with Gasteiger partial charge in [0.1, 0.15) is 25.3 Å². The third kappa shape index (κ3) is 17.9. The third-order valence-electron chi connectivity index (χ3n) is 2.88. The van der Waals surface area contributed by atoms with E-state index in [4.69, 9.17) is 14.2 Å². The van der Waals surface area contributed by atoms with Crippen LogP contribution < -0.4 is 0 Å². The Kier molecular flexibility index (Phi) is 11.2. The van der Waals surface area contributed by atoms with Crippen molar-refractivity contribution in [2.45, 2.75) is 12.2 Å². The van der Waals surface area contributed by atoms with Crippen LogP contribution in [-0.4, -0.2) is 126 Å². The van der Waals surface area contributed by atoms with Crippen molar-refractivity contribution in [3.63, 3.8) is 0 Å². The largest absolute Gasteiger partial charge is 0.385 e. The number of likely N-dealkylation sites (N-methyl/N-ethyl adjacent to an activating group) is 2. The van der Waals surface area contributed by atoms with Gasteiger partial charge in [-0.1, -0.05) is 0 Å². The zero-order valence-electron chi connectivity index (χ0n) is 15.8. The fraction of sp³-hybridized carbons (Fsp3) is 1.00. The summed E-state index contributed by atoms with van der Waals surface area (Å²) in [5, 5.41) is 19.5. The van der Waals surface area contributed by atoms with Crippen molar-refractivity contribution < 1.29 is 33.4 Å². The lowest BCUT2D eigenvalue weighted by atomic mass is 10.3. The highest BCUT2D eigenvalue weighted by molar-refractivity contribution is 4.52.